The molecule has 1 aromatic carbocycles. The van der Waals surface area contributed by atoms with Crippen molar-refractivity contribution in [2.24, 2.45) is 0 Å². The number of benzene rings is 1. The van der Waals surface area contributed by atoms with Crippen LogP contribution in [0.4, 0.5) is 0 Å². The second kappa shape index (κ2) is 3.16. The lowest BCUT2D eigenvalue weighted by Gasteiger charge is -1.97. The zero-order valence-electron chi connectivity index (χ0n) is 7.04. The van der Waals surface area contributed by atoms with Crippen LogP contribution in [0.5, 0.6) is 0 Å². The van der Waals surface area contributed by atoms with Crippen LogP contribution in [0.3, 0.4) is 0 Å². The van der Waals surface area contributed by atoms with E-state index < -0.39 is 0 Å². The summed E-state index contributed by atoms with van der Waals surface area (Å²) in [7, 11) is 0.855. The Kier molecular flexibility index (Phi) is 2.01. The van der Waals surface area contributed by atoms with E-state index in [0.29, 0.717) is 0 Å². The van der Waals surface area contributed by atoms with E-state index in [-0.39, 0.29) is 0 Å². The molecule has 0 nitrogen and oxygen atoms in total. The third-order valence-electron chi connectivity index (χ3n) is 1.96. The zero-order chi connectivity index (χ0) is 8.39. The van der Waals surface area contributed by atoms with Crippen molar-refractivity contribution in [1.82, 2.24) is 0 Å². The van der Waals surface area contributed by atoms with E-state index in [2.05, 4.69) is 49.1 Å². The Morgan fingerprint density at radius 2 is 1.75 bits per heavy atom. The van der Waals surface area contributed by atoms with Crippen LogP contribution in [0.1, 0.15) is 5.56 Å². The Bertz CT molecular complexity index is 343. The summed E-state index contributed by atoms with van der Waals surface area (Å²) in [5.74, 6) is 2.22. The maximum atomic E-state index is 2.22. The van der Waals surface area contributed by atoms with E-state index in [9.17, 15) is 0 Å². The van der Waals surface area contributed by atoms with Crippen molar-refractivity contribution in [2.75, 3.05) is 0 Å². The van der Waals surface area contributed by atoms with Gasteiger partial charge in [-0.1, -0.05) is 42.0 Å². The van der Waals surface area contributed by atoms with E-state index in [1.807, 2.05) is 0 Å². The summed E-state index contributed by atoms with van der Waals surface area (Å²) in [6.45, 7) is 2.12. The lowest BCUT2D eigenvalue weighted by Crippen LogP contribution is -1.72. The largest absolute Gasteiger partial charge is 0.132 e. The highest BCUT2D eigenvalue weighted by Crippen LogP contribution is 2.28. The number of hydrogen-bond donors (Lipinski definition) is 0. The van der Waals surface area contributed by atoms with Crippen molar-refractivity contribution < 1.29 is 0 Å². The normalized spacial score (nSPS) is 10.8. The van der Waals surface area contributed by atoms with Gasteiger partial charge in [-0.2, -0.15) is 0 Å². The third kappa shape index (κ3) is 1.44. The van der Waals surface area contributed by atoms with Crippen LogP contribution >= 0.6 is 8.19 Å². The fourth-order valence-corrected chi connectivity index (χ4v) is 2.14. The molecule has 1 unspecified atom stereocenters. The molecule has 0 saturated heterocycles. The molecule has 0 aliphatic heterocycles. The molecule has 60 valence electrons. The highest BCUT2D eigenvalue weighted by Gasteiger charge is 1.94. The molecule has 1 heteroatoms. The highest BCUT2D eigenvalue weighted by molar-refractivity contribution is 7.33. The second-order valence-corrected chi connectivity index (χ2v) is 4.11. The zero-order valence-corrected chi connectivity index (χ0v) is 8.04. The molecule has 0 bridgehead atoms. The summed E-state index contributed by atoms with van der Waals surface area (Å²) in [6, 6.07) is 13.1. The van der Waals surface area contributed by atoms with Crippen molar-refractivity contribution in [3.63, 3.8) is 0 Å². The standard InChI is InChI=1S/C11H11P/c1-9-4-6-10(7-5-9)11-3-2-8-12-11/h2-8,12H,1H3. The molecular formula is C11H11P. The first-order valence-corrected chi connectivity index (χ1v) is 5.14. The molecule has 0 aliphatic carbocycles. The average Bonchev–Trinajstić information content (AvgIpc) is 2.58. The van der Waals surface area contributed by atoms with E-state index in [0.717, 1.165) is 8.19 Å². The van der Waals surface area contributed by atoms with Gasteiger partial charge in [-0.3, -0.25) is 0 Å². The van der Waals surface area contributed by atoms with Crippen LogP contribution in [0.2, 0.25) is 0 Å². The van der Waals surface area contributed by atoms with Gasteiger partial charge in [0.15, 0.2) is 0 Å². The SMILES string of the molecule is Cc1ccc(-c2ccc[pH]2)cc1. The van der Waals surface area contributed by atoms with Gasteiger partial charge in [-0.15, -0.1) is 8.19 Å². The molecule has 0 N–H and O–H groups in total. The van der Waals surface area contributed by atoms with Gasteiger partial charge in [0.2, 0.25) is 0 Å². The van der Waals surface area contributed by atoms with E-state index >= 15 is 0 Å². The lowest BCUT2D eigenvalue weighted by molar-refractivity contribution is 1.48. The van der Waals surface area contributed by atoms with Gasteiger partial charge in [0, 0.05) is 0 Å². The van der Waals surface area contributed by atoms with E-state index in [4.69, 9.17) is 0 Å². The second-order valence-electron chi connectivity index (χ2n) is 2.95. The smallest absolute Gasteiger partial charge is 0.00183 e. The van der Waals surface area contributed by atoms with Crippen molar-refractivity contribution in [2.45, 2.75) is 6.92 Å². The predicted octanol–water partition coefficient (Wildman–Crippen LogP) is 3.69. The van der Waals surface area contributed by atoms with Gasteiger partial charge in [0.1, 0.15) is 0 Å². The molecule has 1 heterocycles. The van der Waals surface area contributed by atoms with Gasteiger partial charge in [-0.25, -0.2) is 0 Å². The van der Waals surface area contributed by atoms with Gasteiger partial charge in [0.05, 0.1) is 0 Å². The number of rotatable bonds is 1. The highest BCUT2D eigenvalue weighted by atomic mass is 31.0. The molecule has 0 saturated carbocycles. The topological polar surface area (TPSA) is 0 Å². The van der Waals surface area contributed by atoms with E-state index in [1.54, 1.807) is 0 Å². The van der Waals surface area contributed by atoms with Crippen molar-refractivity contribution in [1.29, 1.82) is 0 Å². The Labute approximate surface area is 74.3 Å². The molecule has 0 radical (unpaired) electrons. The fraction of sp³-hybridized carbons (Fsp3) is 0.0909. The Balaban J connectivity index is 2.43. The van der Waals surface area contributed by atoms with Crippen molar-refractivity contribution in [3.8, 4) is 10.9 Å². The minimum Gasteiger partial charge on any atom is -0.132 e. The van der Waals surface area contributed by atoms with Crippen molar-refractivity contribution >= 4 is 8.19 Å². The molecule has 0 aliphatic rings. The van der Waals surface area contributed by atoms with Crippen LogP contribution in [0.25, 0.3) is 10.9 Å². The summed E-state index contributed by atoms with van der Waals surface area (Å²) in [5.41, 5.74) is 2.69. The molecule has 2 aromatic rings. The van der Waals surface area contributed by atoms with Gasteiger partial charge in [0.25, 0.3) is 0 Å². The monoisotopic (exact) mass is 174 g/mol. The third-order valence-corrected chi connectivity index (χ3v) is 3.09. The van der Waals surface area contributed by atoms with E-state index in [1.165, 1.54) is 16.4 Å². The Morgan fingerprint density at radius 1 is 1.00 bits per heavy atom. The molecular weight excluding hydrogens is 163 g/mol. The van der Waals surface area contributed by atoms with Gasteiger partial charge >= 0.3 is 0 Å². The lowest BCUT2D eigenvalue weighted by atomic mass is 10.1. The first-order valence-electron chi connectivity index (χ1n) is 4.07. The summed E-state index contributed by atoms with van der Waals surface area (Å²) >= 11 is 0. The maximum absolute atomic E-state index is 2.22. The van der Waals surface area contributed by atoms with Gasteiger partial charge < -0.3 is 0 Å². The summed E-state index contributed by atoms with van der Waals surface area (Å²) in [6.07, 6.45) is 0. The minimum absolute atomic E-state index is 0.855. The van der Waals surface area contributed by atoms with Crippen LogP contribution in [-0.2, 0) is 0 Å². The molecule has 1 atom stereocenters. The van der Waals surface area contributed by atoms with Crippen LogP contribution in [-0.4, -0.2) is 0 Å². The molecule has 1 aromatic heterocycles. The fourth-order valence-electron chi connectivity index (χ4n) is 1.24. The minimum atomic E-state index is 0.855. The van der Waals surface area contributed by atoms with Crippen LogP contribution < -0.4 is 0 Å². The first-order chi connectivity index (χ1) is 5.86. The molecule has 0 spiro atoms. The van der Waals surface area contributed by atoms with Crippen LogP contribution in [0.15, 0.2) is 42.2 Å². The molecule has 0 amide bonds. The first kappa shape index (κ1) is 7.64. The maximum Gasteiger partial charge on any atom is -0.00183 e. The average molecular weight is 174 g/mol. The number of hydrogen-bond acceptors (Lipinski definition) is 0. The van der Waals surface area contributed by atoms with Gasteiger partial charge in [-0.05, 0) is 23.6 Å². The summed E-state index contributed by atoms with van der Waals surface area (Å²) in [5, 5.41) is 1.45. The van der Waals surface area contributed by atoms with Crippen molar-refractivity contribution in [3.05, 3.63) is 47.8 Å². The quantitative estimate of drug-likeness (QED) is 0.618. The Morgan fingerprint density at radius 3 is 2.33 bits per heavy atom. The Hall–Kier alpha value is -1.00. The molecule has 0 fully saturated rings. The predicted molar refractivity (Wildman–Crippen MR) is 56.1 cm³/mol. The molecule has 12 heavy (non-hydrogen) atoms. The molecule has 2 rings (SSSR count). The summed E-state index contributed by atoms with van der Waals surface area (Å²) in [4.78, 5) is 0. The number of aryl methyl sites for hydroxylation is 1. The summed E-state index contributed by atoms with van der Waals surface area (Å²) < 4.78 is 0. The van der Waals surface area contributed by atoms with Crippen LogP contribution in [0, 0.1) is 6.92 Å².